The molecular weight excluding hydrogens is 326 g/mol. The van der Waals surface area contributed by atoms with Crippen molar-refractivity contribution in [1.82, 2.24) is 0 Å². The van der Waals surface area contributed by atoms with Crippen LogP contribution in [-0.4, -0.2) is 6.04 Å². The summed E-state index contributed by atoms with van der Waals surface area (Å²) in [4.78, 5) is 0. The highest BCUT2D eigenvalue weighted by Crippen LogP contribution is 2.38. The van der Waals surface area contributed by atoms with Gasteiger partial charge in [-0.2, -0.15) is 0 Å². The van der Waals surface area contributed by atoms with Gasteiger partial charge in [-0.1, -0.05) is 109 Å². The van der Waals surface area contributed by atoms with E-state index in [4.69, 9.17) is 5.73 Å². The Bertz CT molecular complexity index is 398. The summed E-state index contributed by atoms with van der Waals surface area (Å²) in [6.45, 7) is 6.88. The van der Waals surface area contributed by atoms with Crippen LogP contribution in [0, 0.1) is 0 Å². The molecule has 2 heteroatoms. The molecule has 1 aromatic carbocycles. The first-order chi connectivity index (χ1) is 11.7. The number of hydrogen-bond acceptors (Lipinski definition) is 1. The Kier molecular flexibility index (Phi) is 14.3. The van der Waals surface area contributed by atoms with Crippen LogP contribution in [0.4, 0.5) is 0 Å². The Morgan fingerprint density at radius 3 is 1.80 bits per heavy atom. The van der Waals surface area contributed by atoms with Crippen molar-refractivity contribution in [3.8, 4) is 0 Å². The minimum atomic E-state index is 0. The van der Waals surface area contributed by atoms with E-state index in [0.717, 1.165) is 0 Å². The van der Waals surface area contributed by atoms with Crippen molar-refractivity contribution >= 4 is 12.4 Å². The van der Waals surface area contributed by atoms with Gasteiger partial charge in [0.1, 0.15) is 0 Å². The van der Waals surface area contributed by atoms with Crippen LogP contribution in [0.1, 0.15) is 103 Å². The van der Waals surface area contributed by atoms with Crippen LogP contribution in [0.5, 0.6) is 0 Å². The minimum absolute atomic E-state index is 0. The number of rotatable bonds is 14. The van der Waals surface area contributed by atoms with E-state index in [2.05, 4.69) is 51.1 Å². The summed E-state index contributed by atoms with van der Waals surface area (Å²) in [6, 6.07) is 11.4. The Labute approximate surface area is 163 Å². The molecule has 25 heavy (non-hydrogen) atoms. The second-order valence-electron chi connectivity index (χ2n) is 7.54. The van der Waals surface area contributed by atoms with Crippen LogP contribution < -0.4 is 5.73 Å². The van der Waals surface area contributed by atoms with Gasteiger partial charge in [-0.05, 0) is 24.8 Å². The van der Waals surface area contributed by atoms with E-state index in [1.54, 1.807) is 0 Å². The molecule has 0 fully saturated rings. The van der Waals surface area contributed by atoms with Gasteiger partial charge in [0.05, 0.1) is 0 Å². The molecule has 0 heterocycles. The fourth-order valence-corrected chi connectivity index (χ4v) is 4.26. The van der Waals surface area contributed by atoms with Crippen molar-refractivity contribution in [3.63, 3.8) is 0 Å². The molecule has 146 valence electrons. The molecule has 0 radical (unpaired) electrons. The van der Waals surface area contributed by atoms with Crippen LogP contribution in [0.25, 0.3) is 0 Å². The van der Waals surface area contributed by atoms with Gasteiger partial charge in [-0.25, -0.2) is 0 Å². The normalized spacial score (nSPS) is 12.6. The highest BCUT2D eigenvalue weighted by atomic mass is 35.5. The first-order valence-corrected chi connectivity index (χ1v) is 10.5. The minimum Gasteiger partial charge on any atom is -0.327 e. The summed E-state index contributed by atoms with van der Waals surface area (Å²) in [5, 5.41) is 0. The molecule has 2 N–H and O–H groups in total. The van der Waals surface area contributed by atoms with E-state index >= 15 is 0 Å². The molecule has 0 aromatic heterocycles. The van der Waals surface area contributed by atoms with Gasteiger partial charge >= 0.3 is 0 Å². The number of nitrogens with two attached hydrogens (primary N) is 1. The molecule has 1 aromatic rings. The fourth-order valence-electron chi connectivity index (χ4n) is 4.26. The standard InChI is InChI=1S/C23H41N.ClH/c1-4-7-8-9-10-11-15-18-22(24)23(19-5-2,20-6-3)21-16-13-12-14-17-21;/h12-14,16-17,22H,4-11,15,18-20,24H2,1-3H3;1H. The quantitative estimate of drug-likeness (QED) is 0.340. The Morgan fingerprint density at radius 1 is 0.760 bits per heavy atom. The third-order valence-electron chi connectivity index (χ3n) is 5.57. The van der Waals surface area contributed by atoms with E-state index in [1.807, 2.05) is 0 Å². The Balaban J connectivity index is 0.00000576. The Morgan fingerprint density at radius 2 is 1.28 bits per heavy atom. The molecular formula is C23H42ClN. The van der Waals surface area contributed by atoms with Gasteiger partial charge in [0.25, 0.3) is 0 Å². The van der Waals surface area contributed by atoms with Crippen LogP contribution >= 0.6 is 12.4 Å². The topological polar surface area (TPSA) is 26.0 Å². The van der Waals surface area contributed by atoms with E-state index in [0.29, 0.717) is 0 Å². The van der Waals surface area contributed by atoms with Gasteiger partial charge in [-0.15, -0.1) is 12.4 Å². The molecule has 0 bridgehead atoms. The zero-order valence-corrected chi connectivity index (χ0v) is 17.8. The smallest absolute Gasteiger partial charge is 0.0136 e. The Hall–Kier alpha value is -0.530. The van der Waals surface area contributed by atoms with Crippen LogP contribution in [-0.2, 0) is 5.41 Å². The maximum absolute atomic E-state index is 6.82. The van der Waals surface area contributed by atoms with E-state index in [1.165, 1.54) is 82.6 Å². The third-order valence-corrected chi connectivity index (χ3v) is 5.57. The maximum Gasteiger partial charge on any atom is 0.0136 e. The molecule has 0 saturated heterocycles. The first kappa shape index (κ1) is 24.5. The molecule has 0 amide bonds. The first-order valence-electron chi connectivity index (χ1n) is 10.5. The number of benzene rings is 1. The van der Waals surface area contributed by atoms with Gasteiger partial charge in [0, 0.05) is 11.5 Å². The number of unbranched alkanes of at least 4 members (excludes halogenated alkanes) is 6. The lowest BCUT2D eigenvalue weighted by molar-refractivity contribution is 0.272. The van der Waals surface area contributed by atoms with Crippen molar-refractivity contribution < 1.29 is 0 Å². The molecule has 1 nitrogen and oxygen atoms in total. The van der Waals surface area contributed by atoms with Crippen LogP contribution in [0.3, 0.4) is 0 Å². The third kappa shape index (κ3) is 8.13. The summed E-state index contributed by atoms with van der Waals surface area (Å²) in [5.41, 5.74) is 8.46. The lowest BCUT2D eigenvalue weighted by Gasteiger charge is -2.40. The second kappa shape index (κ2) is 14.6. The van der Waals surface area contributed by atoms with Gasteiger partial charge in [0.2, 0.25) is 0 Å². The fraction of sp³-hybridized carbons (Fsp3) is 0.739. The highest BCUT2D eigenvalue weighted by molar-refractivity contribution is 5.85. The molecule has 0 aliphatic heterocycles. The molecule has 0 aliphatic rings. The van der Waals surface area contributed by atoms with E-state index in [-0.39, 0.29) is 23.9 Å². The SMILES string of the molecule is CCCCCCCCCC(N)C(CCC)(CCC)c1ccccc1.Cl. The second-order valence-corrected chi connectivity index (χ2v) is 7.54. The molecule has 0 saturated carbocycles. The van der Waals surface area contributed by atoms with Gasteiger partial charge in [-0.3, -0.25) is 0 Å². The largest absolute Gasteiger partial charge is 0.327 e. The monoisotopic (exact) mass is 367 g/mol. The maximum atomic E-state index is 6.82. The van der Waals surface area contributed by atoms with Crippen molar-refractivity contribution in [2.24, 2.45) is 5.73 Å². The summed E-state index contributed by atoms with van der Waals surface area (Å²) >= 11 is 0. The number of hydrogen-bond donors (Lipinski definition) is 1. The van der Waals surface area contributed by atoms with Crippen molar-refractivity contribution in [1.29, 1.82) is 0 Å². The summed E-state index contributed by atoms with van der Waals surface area (Å²) in [5.74, 6) is 0. The van der Waals surface area contributed by atoms with Gasteiger partial charge < -0.3 is 5.73 Å². The molecule has 0 spiro atoms. The van der Waals surface area contributed by atoms with Crippen molar-refractivity contribution in [2.75, 3.05) is 0 Å². The molecule has 1 atom stereocenters. The van der Waals surface area contributed by atoms with Crippen molar-refractivity contribution in [3.05, 3.63) is 35.9 Å². The predicted molar refractivity (Wildman–Crippen MR) is 116 cm³/mol. The molecule has 0 aliphatic carbocycles. The summed E-state index contributed by atoms with van der Waals surface area (Å²) in [7, 11) is 0. The van der Waals surface area contributed by atoms with E-state index in [9.17, 15) is 0 Å². The predicted octanol–water partition coefficient (Wildman–Crippen LogP) is 7.41. The summed E-state index contributed by atoms with van der Waals surface area (Å²) in [6.07, 6.45) is 15.6. The highest BCUT2D eigenvalue weighted by Gasteiger charge is 2.36. The van der Waals surface area contributed by atoms with Crippen LogP contribution in [0.15, 0.2) is 30.3 Å². The van der Waals surface area contributed by atoms with Crippen molar-refractivity contribution in [2.45, 2.75) is 109 Å². The molecule has 1 rings (SSSR count). The zero-order chi connectivity index (χ0) is 17.7. The van der Waals surface area contributed by atoms with Gasteiger partial charge in [0.15, 0.2) is 0 Å². The van der Waals surface area contributed by atoms with E-state index < -0.39 is 0 Å². The average Bonchev–Trinajstić information content (AvgIpc) is 2.61. The average molecular weight is 368 g/mol. The van der Waals surface area contributed by atoms with Crippen LogP contribution in [0.2, 0.25) is 0 Å². The number of halogens is 1. The molecule has 1 unspecified atom stereocenters. The lowest BCUT2D eigenvalue weighted by Crippen LogP contribution is -2.45. The summed E-state index contributed by atoms with van der Waals surface area (Å²) < 4.78 is 0. The lowest BCUT2D eigenvalue weighted by atomic mass is 9.67. The zero-order valence-electron chi connectivity index (χ0n) is 16.9.